The number of sulfonamides is 1. The molecule has 1 heterocycles. The van der Waals surface area contributed by atoms with E-state index in [9.17, 15) is 8.42 Å². The predicted molar refractivity (Wildman–Crippen MR) is 103 cm³/mol. The van der Waals surface area contributed by atoms with Gasteiger partial charge in [0.25, 0.3) is 10.0 Å². The van der Waals surface area contributed by atoms with Gasteiger partial charge in [0.2, 0.25) is 0 Å². The average molecular weight is 446 g/mol. The van der Waals surface area contributed by atoms with Crippen molar-refractivity contribution in [2.75, 3.05) is 13.1 Å². The first-order chi connectivity index (χ1) is 11.5. The van der Waals surface area contributed by atoms with E-state index in [-0.39, 0.29) is 4.90 Å². The third-order valence-electron chi connectivity index (χ3n) is 3.48. The highest BCUT2D eigenvalue weighted by molar-refractivity contribution is 9.10. The third-order valence-corrected chi connectivity index (χ3v) is 7.36. The lowest BCUT2D eigenvalue weighted by atomic mass is 10.2. The fraction of sp³-hybridized carbons (Fsp3) is 0.188. The van der Waals surface area contributed by atoms with Crippen LogP contribution in [0.3, 0.4) is 0 Å². The fourth-order valence-corrected chi connectivity index (χ4v) is 5.52. The molecule has 0 unspecified atom stereocenters. The van der Waals surface area contributed by atoms with Gasteiger partial charge in [-0.15, -0.1) is 0 Å². The summed E-state index contributed by atoms with van der Waals surface area (Å²) < 4.78 is 27.9. The Labute approximate surface area is 159 Å². The zero-order valence-electron chi connectivity index (χ0n) is 12.5. The lowest BCUT2D eigenvalue weighted by molar-refractivity contribution is 0.540. The molecule has 0 amide bonds. The zero-order valence-corrected chi connectivity index (χ0v) is 16.5. The highest BCUT2D eigenvalue weighted by atomic mass is 79.9. The Morgan fingerprint density at radius 1 is 1.17 bits per heavy atom. The summed E-state index contributed by atoms with van der Waals surface area (Å²) in [4.78, 5) is 4.61. The summed E-state index contributed by atoms with van der Waals surface area (Å²) in [5.41, 5.74) is 0.958. The minimum Gasteiger partial charge on any atom is -0.260 e. The minimum atomic E-state index is -3.59. The van der Waals surface area contributed by atoms with Crippen molar-refractivity contribution in [2.45, 2.75) is 10.6 Å². The maximum atomic E-state index is 12.8. The Bertz CT molecular complexity index is 870. The summed E-state index contributed by atoms with van der Waals surface area (Å²) in [6.07, 6.45) is 0. The van der Waals surface area contributed by atoms with E-state index in [1.807, 2.05) is 24.3 Å². The number of rotatable bonds is 4. The SMILES string of the molecule is O=S(=O)(c1ccc(Br)cc1)N1CCN=C1SCc1ccccc1Cl. The Morgan fingerprint density at radius 2 is 1.88 bits per heavy atom. The van der Waals surface area contributed by atoms with Crippen molar-refractivity contribution in [1.82, 2.24) is 4.31 Å². The van der Waals surface area contributed by atoms with Crippen molar-refractivity contribution < 1.29 is 8.42 Å². The van der Waals surface area contributed by atoms with Gasteiger partial charge in [0.1, 0.15) is 0 Å². The second kappa shape index (κ2) is 7.47. The van der Waals surface area contributed by atoms with Crippen LogP contribution in [-0.2, 0) is 15.8 Å². The van der Waals surface area contributed by atoms with Crippen LogP contribution < -0.4 is 0 Å². The monoisotopic (exact) mass is 444 g/mol. The van der Waals surface area contributed by atoms with Crippen LogP contribution in [0.4, 0.5) is 0 Å². The number of hydrogen-bond acceptors (Lipinski definition) is 4. The summed E-state index contributed by atoms with van der Waals surface area (Å²) in [5, 5.41) is 1.18. The molecule has 8 heteroatoms. The van der Waals surface area contributed by atoms with Crippen molar-refractivity contribution >= 4 is 54.5 Å². The van der Waals surface area contributed by atoms with Crippen LogP contribution in [0.5, 0.6) is 0 Å². The molecule has 4 nitrogen and oxygen atoms in total. The first-order valence-corrected chi connectivity index (χ1v) is 10.8. The van der Waals surface area contributed by atoms with Gasteiger partial charge < -0.3 is 0 Å². The fourth-order valence-electron chi connectivity index (χ4n) is 2.24. The third kappa shape index (κ3) is 3.79. The van der Waals surface area contributed by atoms with Crippen molar-refractivity contribution in [1.29, 1.82) is 0 Å². The van der Waals surface area contributed by atoms with Gasteiger partial charge >= 0.3 is 0 Å². The van der Waals surface area contributed by atoms with Crippen LogP contribution in [0.15, 0.2) is 62.9 Å². The Hall–Kier alpha value is -1.02. The number of benzene rings is 2. The van der Waals surface area contributed by atoms with E-state index in [0.29, 0.717) is 29.0 Å². The second-order valence-corrected chi connectivity index (χ2v) is 9.20. The van der Waals surface area contributed by atoms with E-state index in [2.05, 4.69) is 20.9 Å². The Morgan fingerprint density at radius 3 is 2.58 bits per heavy atom. The largest absolute Gasteiger partial charge is 0.265 e. The molecular formula is C16H14BrClN2O2S2. The van der Waals surface area contributed by atoms with Gasteiger partial charge in [-0.2, -0.15) is 0 Å². The van der Waals surface area contributed by atoms with E-state index in [1.54, 1.807) is 24.3 Å². The molecule has 0 saturated heterocycles. The molecule has 3 rings (SSSR count). The molecule has 126 valence electrons. The van der Waals surface area contributed by atoms with Crippen molar-refractivity contribution in [2.24, 2.45) is 4.99 Å². The summed E-state index contributed by atoms with van der Waals surface area (Å²) >= 11 is 10.9. The molecule has 0 aliphatic carbocycles. The zero-order chi connectivity index (χ0) is 17.2. The predicted octanol–water partition coefficient (Wildman–Crippen LogP) is 4.40. The molecule has 0 fully saturated rings. The molecule has 0 bridgehead atoms. The second-order valence-electron chi connectivity index (χ2n) is 5.08. The van der Waals surface area contributed by atoms with Crippen LogP contribution in [0, 0.1) is 0 Å². The summed E-state index contributed by atoms with van der Waals surface area (Å²) in [5.74, 6) is 0.574. The van der Waals surface area contributed by atoms with Gasteiger partial charge in [-0.1, -0.05) is 57.5 Å². The quantitative estimate of drug-likeness (QED) is 0.701. The van der Waals surface area contributed by atoms with Crippen molar-refractivity contribution in [3.63, 3.8) is 0 Å². The van der Waals surface area contributed by atoms with Gasteiger partial charge in [-0.3, -0.25) is 4.99 Å². The molecule has 0 spiro atoms. The number of thioether (sulfide) groups is 1. The summed E-state index contributed by atoms with van der Waals surface area (Å²) in [7, 11) is -3.59. The highest BCUT2D eigenvalue weighted by Crippen LogP contribution is 2.28. The number of hydrogen-bond donors (Lipinski definition) is 0. The normalized spacial score (nSPS) is 14.8. The van der Waals surface area contributed by atoms with Crippen LogP contribution in [0.1, 0.15) is 5.56 Å². The molecule has 1 aliphatic rings. The van der Waals surface area contributed by atoms with Crippen molar-refractivity contribution in [3.05, 3.63) is 63.6 Å². The molecule has 2 aromatic carbocycles. The number of aliphatic imine (C=N–C) groups is 1. The Balaban J connectivity index is 1.78. The molecule has 24 heavy (non-hydrogen) atoms. The van der Waals surface area contributed by atoms with Crippen molar-refractivity contribution in [3.8, 4) is 0 Å². The van der Waals surface area contributed by atoms with Crippen LogP contribution in [0.2, 0.25) is 5.02 Å². The molecule has 0 N–H and O–H groups in total. The summed E-state index contributed by atoms with van der Waals surface area (Å²) in [6, 6.07) is 14.2. The standard InChI is InChI=1S/C16H14BrClN2O2S2/c17-13-5-7-14(8-6-13)24(21,22)20-10-9-19-16(20)23-11-12-3-1-2-4-15(12)18/h1-8H,9-11H2. The van der Waals surface area contributed by atoms with E-state index >= 15 is 0 Å². The van der Waals surface area contributed by atoms with Crippen LogP contribution in [0.25, 0.3) is 0 Å². The Kier molecular flexibility index (Phi) is 5.54. The first kappa shape index (κ1) is 17.8. The lowest BCUT2D eigenvalue weighted by Gasteiger charge is -2.20. The van der Waals surface area contributed by atoms with E-state index in [4.69, 9.17) is 11.6 Å². The number of halogens is 2. The molecule has 2 aromatic rings. The molecule has 0 aromatic heterocycles. The van der Waals surface area contributed by atoms with Gasteiger partial charge in [0.05, 0.1) is 18.0 Å². The van der Waals surface area contributed by atoms with E-state index in [1.165, 1.54) is 16.1 Å². The van der Waals surface area contributed by atoms with Gasteiger partial charge in [-0.05, 0) is 35.9 Å². The molecule has 1 aliphatic heterocycles. The topological polar surface area (TPSA) is 49.7 Å². The molecular weight excluding hydrogens is 432 g/mol. The van der Waals surface area contributed by atoms with E-state index in [0.717, 1.165) is 10.0 Å². The number of amidine groups is 1. The van der Waals surface area contributed by atoms with E-state index < -0.39 is 10.0 Å². The molecule has 0 radical (unpaired) electrons. The summed E-state index contributed by atoms with van der Waals surface area (Å²) in [6.45, 7) is 0.837. The van der Waals surface area contributed by atoms with Crippen LogP contribution >= 0.6 is 39.3 Å². The lowest BCUT2D eigenvalue weighted by Crippen LogP contribution is -2.32. The number of nitrogens with zero attached hydrogens (tertiary/aromatic N) is 2. The van der Waals surface area contributed by atoms with Gasteiger partial charge in [0, 0.05) is 15.2 Å². The maximum absolute atomic E-state index is 12.8. The minimum absolute atomic E-state index is 0.263. The average Bonchev–Trinajstić information content (AvgIpc) is 3.04. The van der Waals surface area contributed by atoms with Crippen LogP contribution in [-0.4, -0.2) is 31.0 Å². The highest BCUT2D eigenvalue weighted by Gasteiger charge is 2.30. The molecule has 0 saturated carbocycles. The maximum Gasteiger partial charge on any atom is 0.265 e. The molecule has 0 atom stereocenters. The first-order valence-electron chi connectivity index (χ1n) is 7.17. The smallest absolute Gasteiger partial charge is 0.260 e. The van der Waals surface area contributed by atoms with Gasteiger partial charge in [0.15, 0.2) is 5.17 Å². The van der Waals surface area contributed by atoms with Gasteiger partial charge in [-0.25, -0.2) is 12.7 Å².